The Bertz CT molecular complexity index is 399. The van der Waals surface area contributed by atoms with E-state index in [-0.39, 0.29) is 17.7 Å². The number of rotatable bonds is 3. The molecule has 0 fully saturated rings. The van der Waals surface area contributed by atoms with Gasteiger partial charge in [0, 0.05) is 5.56 Å². The van der Waals surface area contributed by atoms with Crippen LogP contribution in [0, 0.1) is 11.3 Å². The lowest BCUT2D eigenvalue weighted by Crippen LogP contribution is -1.94. The van der Waals surface area contributed by atoms with Gasteiger partial charge in [0.25, 0.3) is 6.43 Å². The van der Waals surface area contributed by atoms with E-state index in [1.165, 1.54) is 13.2 Å². The summed E-state index contributed by atoms with van der Waals surface area (Å²) in [5, 5.41) is 17.9. The Balaban J connectivity index is 3.28. The van der Waals surface area contributed by atoms with E-state index in [1.54, 1.807) is 6.07 Å². The fourth-order valence-corrected chi connectivity index (χ4v) is 1.19. The van der Waals surface area contributed by atoms with Crippen molar-refractivity contribution in [2.75, 3.05) is 7.11 Å². The molecule has 0 aromatic heterocycles. The number of phenolic OH excluding ortho intramolecular Hbond substituents is 1. The van der Waals surface area contributed by atoms with E-state index in [0.29, 0.717) is 0 Å². The zero-order valence-corrected chi connectivity index (χ0v) is 8.00. The number of alkyl halides is 2. The molecule has 1 rings (SSSR count). The first-order valence-corrected chi connectivity index (χ1v) is 4.15. The molecule has 0 spiro atoms. The van der Waals surface area contributed by atoms with Crippen LogP contribution in [0.15, 0.2) is 12.1 Å². The summed E-state index contributed by atoms with van der Waals surface area (Å²) in [6, 6.07) is 4.20. The number of ether oxygens (including phenoxy) is 1. The maximum atomic E-state index is 12.5. The molecule has 0 unspecified atom stereocenters. The van der Waals surface area contributed by atoms with E-state index in [4.69, 9.17) is 10.00 Å². The van der Waals surface area contributed by atoms with Gasteiger partial charge in [0.15, 0.2) is 0 Å². The maximum Gasteiger partial charge on any atom is 0.267 e. The molecule has 0 saturated carbocycles. The number of nitrogens with zero attached hydrogens (tertiary/aromatic N) is 1. The van der Waals surface area contributed by atoms with Crippen molar-refractivity contribution in [2.45, 2.75) is 12.8 Å². The van der Waals surface area contributed by atoms with E-state index in [9.17, 15) is 13.9 Å². The third-order valence-corrected chi connectivity index (χ3v) is 1.93. The summed E-state index contributed by atoms with van der Waals surface area (Å²) < 4.78 is 29.7. The van der Waals surface area contributed by atoms with Crippen molar-refractivity contribution in [3.8, 4) is 17.6 Å². The molecule has 1 N–H and O–H groups in total. The molecular weight excluding hydrogens is 204 g/mol. The lowest BCUT2D eigenvalue weighted by molar-refractivity contribution is 0.147. The van der Waals surface area contributed by atoms with Crippen LogP contribution in [0.4, 0.5) is 8.78 Å². The number of aromatic hydroxyl groups is 1. The highest BCUT2D eigenvalue weighted by Crippen LogP contribution is 2.35. The smallest absolute Gasteiger partial charge is 0.267 e. The molecule has 0 aliphatic carbocycles. The third-order valence-electron chi connectivity index (χ3n) is 1.93. The summed E-state index contributed by atoms with van der Waals surface area (Å²) in [5.74, 6) is -0.333. The lowest BCUT2D eigenvalue weighted by Gasteiger charge is -2.10. The number of hydrogen-bond acceptors (Lipinski definition) is 3. The summed E-state index contributed by atoms with van der Waals surface area (Å²) >= 11 is 0. The number of methoxy groups -OCH3 is 1. The van der Waals surface area contributed by atoms with Gasteiger partial charge in [-0.3, -0.25) is 0 Å². The van der Waals surface area contributed by atoms with Crippen molar-refractivity contribution >= 4 is 0 Å². The number of benzene rings is 1. The molecule has 0 radical (unpaired) electrons. The Morgan fingerprint density at radius 1 is 1.53 bits per heavy atom. The van der Waals surface area contributed by atoms with E-state index in [1.807, 2.05) is 0 Å². The first-order chi connectivity index (χ1) is 7.10. The Labute approximate surface area is 85.5 Å². The van der Waals surface area contributed by atoms with Gasteiger partial charge in [0.2, 0.25) is 0 Å². The highest BCUT2D eigenvalue weighted by atomic mass is 19.3. The van der Waals surface area contributed by atoms with Gasteiger partial charge in [-0.05, 0) is 12.1 Å². The average molecular weight is 213 g/mol. The second-order valence-electron chi connectivity index (χ2n) is 2.86. The van der Waals surface area contributed by atoms with Crippen LogP contribution in [-0.2, 0) is 6.42 Å². The van der Waals surface area contributed by atoms with Gasteiger partial charge in [0.1, 0.15) is 11.5 Å². The SMILES string of the molecule is COc1cc(CC#N)c(O)c(C(F)F)c1. The van der Waals surface area contributed by atoms with Crippen LogP contribution in [-0.4, -0.2) is 12.2 Å². The van der Waals surface area contributed by atoms with Crippen LogP contribution in [0.25, 0.3) is 0 Å². The predicted octanol–water partition coefficient (Wildman–Crippen LogP) is 2.40. The van der Waals surface area contributed by atoms with Gasteiger partial charge in [-0.1, -0.05) is 0 Å². The lowest BCUT2D eigenvalue weighted by atomic mass is 10.1. The molecule has 0 aliphatic rings. The molecule has 0 heterocycles. The fourth-order valence-electron chi connectivity index (χ4n) is 1.19. The van der Waals surface area contributed by atoms with Gasteiger partial charge >= 0.3 is 0 Å². The Hall–Kier alpha value is -1.83. The highest BCUT2D eigenvalue weighted by Gasteiger charge is 2.17. The summed E-state index contributed by atoms with van der Waals surface area (Å²) in [6.45, 7) is 0. The minimum Gasteiger partial charge on any atom is -0.507 e. The van der Waals surface area contributed by atoms with Gasteiger partial charge in [-0.2, -0.15) is 5.26 Å². The summed E-state index contributed by atoms with van der Waals surface area (Å²) in [4.78, 5) is 0. The molecular formula is C10H9F2NO2. The third kappa shape index (κ3) is 2.34. The van der Waals surface area contributed by atoms with Crippen LogP contribution >= 0.6 is 0 Å². The Kier molecular flexibility index (Phi) is 3.45. The molecule has 3 nitrogen and oxygen atoms in total. The topological polar surface area (TPSA) is 53.2 Å². The molecule has 1 aromatic rings. The number of nitriles is 1. The summed E-state index contributed by atoms with van der Waals surface area (Å²) in [5.41, 5.74) is -0.369. The minimum atomic E-state index is -2.79. The van der Waals surface area contributed by atoms with Gasteiger partial charge in [0.05, 0.1) is 25.2 Å². The quantitative estimate of drug-likeness (QED) is 0.838. The zero-order valence-electron chi connectivity index (χ0n) is 8.00. The average Bonchev–Trinajstić information content (AvgIpc) is 2.21. The molecule has 0 atom stereocenters. The Morgan fingerprint density at radius 3 is 2.67 bits per heavy atom. The van der Waals surface area contributed by atoms with Crippen molar-refractivity contribution in [3.05, 3.63) is 23.3 Å². The largest absolute Gasteiger partial charge is 0.507 e. The van der Waals surface area contributed by atoms with E-state index in [2.05, 4.69) is 0 Å². The van der Waals surface area contributed by atoms with Crippen LogP contribution in [0.1, 0.15) is 17.6 Å². The molecule has 0 aliphatic heterocycles. The van der Waals surface area contributed by atoms with Gasteiger partial charge in [-0.15, -0.1) is 0 Å². The van der Waals surface area contributed by atoms with Crippen molar-refractivity contribution < 1.29 is 18.6 Å². The minimum absolute atomic E-state index is 0.136. The maximum absolute atomic E-state index is 12.5. The van der Waals surface area contributed by atoms with Crippen molar-refractivity contribution in [1.82, 2.24) is 0 Å². The Morgan fingerprint density at radius 2 is 2.20 bits per heavy atom. The summed E-state index contributed by atoms with van der Waals surface area (Å²) in [7, 11) is 1.33. The van der Waals surface area contributed by atoms with E-state index < -0.39 is 17.7 Å². The number of halogens is 2. The van der Waals surface area contributed by atoms with Gasteiger partial charge < -0.3 is 9.84 Å². The molecule has 0 amide bonds. The first-order valence-electron chi connectivity index (χ1n) is 4.15. The highest BCUT2D eigenvalue weighted by molar-refractivity contribution is 5.48. The molecule has 5 heteroatoms. The zero-order chi connectivity index (χ0) is 11.4. The second kappa shape index (κ2) is 4.60. The second-order valence-corrected chi connectivity index (χ2v) is 2.86. The number of phenols is 1. The summed E-state index contributed by atoms with van der Waals surface area (Å²) in [6.07, 6.45) is -2.93. The molecule has 80 valence electrons. The van der Waals surface area contributed by atoms with Crippen LogP contribution < -0.4 is 4.74 Å². The van der Waals surface area contributed by atoms with Crippen LogP contribution in [0.2, 0.25) is 0 Å². The van der Waals surface area contributed by atoms with E-state index in [0.717, 1.165) is 6.07 Å². The molecule has 1 aromatic carbocycles. The predicted molar refractivity (Wildman–Crippen MR) is 48.9 cm³/mol. The van der Waals surface area contributed by atoms with Crippen LogP contribution in [0.5, 0.6) is 11.5 Å². The monoisotopic (exact) mass is 213 g/mol. The van der Waals surface area contributed by atoms with Gasteiger partial charge in [-0.25, -0.2) is 8.78 Å². The normalized spacial score (nSPS) is 10.1. The van der Waals surface area contributed by atoms with E-state index >= 15 is 0 Å². The molecule has 0 saturated heterocycles. The standard InChI is InChI=1S/C10H9F2NO2/c1-15-7-4-6(2-3-13)9(14)8(5-7)10(11)12/h4-5,10,14H,2H2,1H3. The fraction of sp³-hybridized carbons (Fsp3) is 0.300. The molecule has 0 bridgehead atoms. The number of hydrogen-bond donors (Lipinski definition) is 1. The van der Waals surface area contributed by atoms with Crippen molar-refractivity contribution in [1.29, 1.82) is 5.26 Å². The first kappa shape index (κ1) is 11.2. The van der Waals surface area contributed by atoms with Crippen molar-refractivity contribution in [2.24, 2.45) is 0 Å². The van der Waals surface area contributed by atoms with Crippen LogP contribution in [0.3, 0.4) is 0 Å². The molecule has 15 heavy (non-hydrogen) atoms. The van der Waals surface area contributed by atoms with Crippen molar-refractivity contribution in [3.63, 3.8) is 0 Å².